The summed E-state index contributed by atoms with van der Waals surface area (Å²) in [6.45, 7) is 5.77. The summed E-state index contributed by atoms with van der Waals surface area (Å²) in [6, 6.07) is 6.73. The van der Waals surface area contributed by atoms with Gasteiger partial charge in [0.25, 0.3) is 0 Å². The highest BCUT2D eigenvalue weighted by molar-refractivity contribution is 5.76. The van der Waals surface area contributed by atoms with E-state index in [9.17, 15) is 4.79 Å². The summed E-state index contributed by atoms with van der Waals surface area (Å²) in [5, 5.41) is 6.42. The fourth-order valence-corrected chi connectivity index (χ4v) is 2.98. The first kappa shape index (κ1) is 13.4. The summed E-state index contributed by atoms with van der Waals surface area (Å²) >= 11 is 0. The Hall–Kier alpha value is -1.55. The van der Waals surface area contributed by atoms with E-state index in [2.05, 4.69) is 42.7 Å². The number of rotatable bonds is 3. The molecule has 2 heterocycles. The molecule has 3 rings (SSSR count). The lowest BCUT2D eigenvalue weighted by Gasteiger charge is -2.24. The van der Waals surface area contributed by atoms with Gasteiger partial charge >= 0.3 is 0 Å². The van der Waals surface area contributed by atoms with Crippen LogP contribution < -0.4 is 15.4 Å². The van der Waals surface area contributed by atoms with Crippen LogP contribution in [0.3, 0.4) is 0 Å². The molecule has 0 radical (unpaired) electrons. The molecule has 1 aromatic rings. The lowest BCUT2D eigenvalue weighted by atomic mass is 10.0. The molecule has 0 bridgehead atoms. The molecule has 1 amide bonds. The summed E-state index contributed by atoms with van der Waals surface area (Å²) in [5.41, 5.74) is 2.41. The maximum absolute atomic E-state index is 11.1. The standard InChI is InChI=1S/C16H22N2O2/c1-16(2)8-11-4-3-5-12(15(11)20-16)9-17-13-6-7-14(19)18-10-13/h3-5,13,17H,6-10H2,1-2H3,(H,18,19). The third-order valence-corrected chi connectivity index (χ3v) is 4.02. The van der Waals surface area contributed by atoms with Gasteiger partial charge in [-0.3, -0.25) is 4.79 Å². The van der Waals surface area contributed by atoms with E-state index in [-0.39, 0.29) is 11.5 Å². The average molecular weight is 274 g/mol. The summed E-state index contributed by atoms with van der Waals surface area (Å²) in [6.07, 6.45) is 2.50. The van der Waals surface area contributed by atoms with Gasteiger partial charge in [0, 0.05) is 37.5 Å². The van der Waals surface area contributed by atoms with Crippen LogP contribution in [0.15, 0.2) is 18.2 Å². The summed E-state index contributed by atoms with van der Waals surface area (Å²) < 4.78 is 6.07. The Morgan fingerprint density at radius 1 is 1.45 bits per heavy atom. The lowest BCUT2D eigenvalue weighted by molar-refractivity contribution is -0.122. The zero-order chi connectivity index (χ0) is 14.2. The van der Waals surface area contributed by atoms with Crippen LogP contribution >= 0.6 is 0 Å². The van der Waals surface area contributed by atoms with E-state index < -0.39 is 0 Å². The molecule has 1 fully saturated rings. The monoisotopic (exact) mass is 274 g/mol. The highest BCUT2D eigenvalue weighted by atomic mass is 16.5. The van der Waals surface area contributed by atoms with E-state index in [1.807, 2.05) is 0 Å². The van der Waals surface area contributed by atoms with Crippen LogP contribution in [-0.4, -0.2) is 24.1 Å². The summed E-state index contributed by atoms with van der Waals surface area (Å²) in [4.78, 5) is 11.1. The molecule has 108 valence electrons. The van der Waals surface area contributed by atoms with Crippen LogP contribution in [0.5, 0.6) is 5.75 Å². The second-order valence-electron chi connectivity index (χ2n) is 6.36. The zero-order valence-corrected chi connectivity index (χ0v) is 12.2. The van der Waals surface area contributed by atoms with Crippen LogP contribution in [0.1, 0.15) is 37.8 Å². The molecule has 20 heavy (non-hydrogen) atoms. The lowest BCUT2D eigenvalue weighted by Crippen LogP contribution is -2.45. The molecule has 1 saturated heterocycles. The Labute approximate surface area is 119 Å². The molecule has 1 aromatic carbocycles. The molecular weight excluding hydrogens is 252 g/mol. The predicted octanol–water partition coefficient (Wildman–Crippen LogP) is 1.77. The average Bonchev–Trinajstić information content (AvgIpc) is 2.72. The van der Waals surface area contributed by atoms with Gasteiger partial charge in [-0.05, 0) is 25.8 Å². The number of fused-ring (bicyclic) bond motifs is 1. The van der Waals surface area contributed by atoms with Gasteiger partial charge in [-0.2, -0.15) is 0 Å². The number of nitrogens with one attached hydrogen (secondary N) is 2. The van der Waals surface area contributed by atoms with Crippen LogP contribution in [-0.2, 0) is 17.8 Å². The number of para-hydroxylation sites is 1. The number of piperidine rings is 1. The summed E-state index contributed by atoms with van der Waals surface area (Å²) in [5.74, 6) is 1.21. The van der Waals surface area contributed by atoms with Gasteiger partial charge in [0.2, 0.25) is 5.91 Å². The van der Waals surface area contributed by atoms with E-state index in [0.717, 1.165) is 31.7 Å². The molecule has 0 spiro atoms. The van der Waals surface area contributed by atoms with Crippen molar-refractivity contribution in [2.24, 2.45) is 0 Å². The van der Waals surface area contributed by atoms with Crippen molar-refractivity contribution >= 4 is 5.91 Å². The van der Waals surface area contributed by atoms with E-state index in [1.54, 1.807) is 0 Å². The predicted molar refractivity (Wildman–Crippen MR) is 77.7 cm³/mol. The first-order valence-electron chi connectivity index (χ1n) is 7.33. The largest absolute Gasteiger partial charge is 0.487 e. The Bertz CT molecular complexity index is 515. The SMILES string of the molecule is CC1(C)Cc2cccc(CNC3CCC(=O)NC3)c2O1. The molecule has 4 heteroatoms. The van der Waals surface area contributed by atoms with E-state index in [1.165, 1.54) is 11.1 Å². The highest BCUT2D eigenvalue weighted by Crippen LogP contribution is 2.37. The normalized spacial score (nSPS) is 23.9. The quantitative estimate of drug-likeness (QED) is 0.883. The zero-order valence-electron chi connectivity index (χ0n) is 12.2. The topological polar surface area (TPSA) is 50.4 Å². The smallest absolute Gasteiger partial charge is 0.220 e. The maximum atomic E-state index is 11.1. The van der Waals surface area contributed by atoms with Gasteiger partial charge in [0.15, 0.2) is 0 Å². The Balaban J connectivity index is 1.65. The number of ether oxygens (including phenoxy) is 1. The van der Waals surface area contributed by atoms with Crippen LogP contribution in [0.2, 0.25) is 0 Å². The summed E-state index contributed by atoms with van der Waals surface area (Å²) in [7, 11) is 0. The first-order valence-corrected chi connectivity index (χ1v) is 7.33. The van der Waals surface area contributed by atoms with Crippen LogP contribution in [0.25, 0.3) is 0 Å². The molecule has 0 aliphatic carbocycles. The molecule has 0 aromatic heterocycles. The first-order chi connectivity index (χ1) is 9.53. The number of hydrogen-bond acceptors (Lipinski definition) is 3. The van der Waals surface area contributed by atoms with E-state index in [4.69, 9.17) is 4.74 Å². The van der Waals surface area contributed by atoms with Crippen molar-refractivity contribution in [1.82, 2.24) is 10.6 Å². The highest BCUT2D eigenvalue weighted by Gasteiger charge is 2.31. The van der Waals surface area contributed by atoms with Crippen LogP contribution in [0.4, 0.5) is 0 Å². The Morgan fingerprint density at radius 3 is 3.05 bits per heavy atom. The van der Waals surface area contributed by atoms with Crippen LogP contribution in [0, 0.1) is 0 Å². The number of benzene rings is 1. The Morgan fingerprint density at radius 2 is 2.30 bits per heavy atom. The maximum Gasteiger partial charge on any atom is 0.220 e. The molecule has 2 aliphatic rings. The van der Waals surface area contributed by atoms with E-state index >= 15 is 0 Å². The van der Waals surface area contributed by atoms with Crippen molar-refractivity contribution in [3.05, 3.63) is 29.3 Å². The number of amides is 1. The van der Waals surface area contributed by atoms with Gasteiger partial charge < -0.3 is 15.4 Å². The van der Waals surface area contributed by atoms with Crippen molar-refractivity contribution in [2.75, 3.05) is 6.54 Å². The van der Waals surface area contributed by atoms with Crippen molar-refractivity contribution in [3.63, 3.8) is 0 Å². The minimum Gasteiger partial charge on any atom is -0.487 e. The van der Waals surface area contributed by atoms with Gasteiger partial charge in [0.1, 0.15) is 11.4 Å². The third kappa shape index (κ3) is 2.80. The molecular formula is C16H22N2O2. The van der Waals surface area contributed by atoms with Gasteiger partial charge in [-0.25, -0.2) is 0 Å². The van der Waals surface area contributed by atoms with Gasteiger partial charge in [0.05, 0.1) is 0 Å². The second-order valence-corrected chi connectivity index (χ2v) is 6.36. The number of carbonyl (C=O) groups excluding carboxylic acids is 1. The minimum atomic E-state index is -0.1000. The fraction of sp³-hybridized carbons (Fsp3) is 0.562. The molecule has 4 nitrogen and oxygen atoms in total. The molecule has 1 unspecified atom stereocenters. The minimum absolute atomic E-state index is 0.1000. The fourth-order valence-electron chi connectivity index (χ4n) is 2.98. The van der Waals surface area contributed by atoms with Crippen molar-refractivity contribution < 1.29 is 9.53 Å². The van der Waals surface area contributed by atoms with Crippen molar-refractivity contribution in [1.29, 1.82) is 0 Å². The van der Waals surface area contributed by atoms with Gasteiger partial charge in [-0.1, -0.05) is 18.2 Å². The number of carbonyl (C=O) groups is 1. The van der Waals surface area contributed by atoms with Crippen molar-refractivity contribution in [3.8, 4) is 5.75 Å². The van der Waals surface area contributed by atoms with Gasteiger partial charge in [-0.15, -0.1) is 0 Å². The molecule has 2 aliphatic heterocycles. The molecule has 0 saturated carbocycles. The number of hydrogen-bond donors (Lipinski definition) is 2. The second kappa shape index (κ2) is 5.09. The molecule has 1 atom stereocenters. The molecule has 2 N–H and O–H groups in total. The van der Waals surface area contributed by atoms with E-state index in [0.29, 0.717) is 12.5 Å². The third-order valence-electron chi connectivity index (χ3n) is 4.02. The van der Waals surface area contributed by atoms with Crippen molar-refractivity contribution in [2.45, 2.75) is 51.3 Å². The Kier molecular flexibility index (Phi) is 3.42.